The van der Waals surface area contributed by atoms with E-state index in [2.05, 4.69) is 20.6 Å². The van der Waals surface area contributed by atoms with Crippen LogP contribution in [-0.2, 0) is 6.54 Å². The summed E-state index contributed by atoms with van der Waals surface area (Å²) in [5.74, 6) is -0.0587. The number of carbonyl (C=O) groups is 1. The fourth-order valence-electron chi connectivity index (χ4n) is 2.16. The summed E-state index contributed by atoms with van der Waals surface area (Å²) in [6.45, 7) is 1.35. The standard InChI is InChI=1S/C14H15N5O/c20-14(16-6-2-9-19-10-8-17-18-19)12-4-1-3-11-5-7-15-13(11)12/h1,3-5,7-8,10,15H,2,6,9H2,(H,16,20). The largest absolute Gasteiger partial charge is 0.361 e. The van der Waals surface area contributed by atoms with Crippen LogP contribution in [0.1, 0.15) is 16.8 Å². The van der Waals surface area contributed by atoms with Gasteiger partial charge in [-0.05, 0) is 18.6 Å². The summed E-state index contributed by atoms with van der Waals surface area (Å²) < 4.78 is 1.75. The third-order valence-corrected chi connectivity index (χ3v) is 3.15. The molecule has 1 aromatic carbocycles. The number of aromatic nitrogens is 4. The molecule has 0 saturated heterocycles. The summed E-state index contributed by atoms with van der Waals surface area (Å²) in [6, 6.07) is 7.65. The van der Waals surface area contributed by atoms with Crippen molar-refractivity contribution >= 4 is 16.8 Å². The van der Waals surface area contributed by atoms with Crippen molar-refractivity contribution in [2.45, 2.75) is 13.0 Å². The molecule has 6 nitrogen and oxygen atoms in total. The number of benzene rings is 1. The predicted octanol–water partition coefficient (Wildman–Crippen LogP) is 1.58. The molecule has 0 atom stereocenters. The summed E-state index contributed by atoms with van der Waals surface area (Å²) in [4.78, 5) is 15.3. The third kappa shape index (κ3) is 2.54. The third-order valence-electron chi connectivity index (χ3n) is 3.15. The number of H-pyrrole nitrogens is 1. The second-order valence-electron chi connectivity index (χ2n) is 4.52. The Hall–Kier alpha value is -2.63. The van der Waals surface area contributed by atoms with Gasteiger partial charge in [0, 0.05) is 30.9 Å². The zero-order valence-corrected chi connectivity index (χ0v) is 10.9. The quantitative estimate of drug-likeness (QED) is 0.690. The van der Waals surface area contributed by atoms with Crippen molar-refractivity contribution in [3.8, 4) is 0 Å². The number of nitrogens with one attached hydrogen (secondary N) is 2. The molecule has 0 aliphatic carbocycles. The fraction of sp³-hybridized carbons (Fsp3) is 0.214. The van der Waals surface area contributed by atoms with Crippen molar-refractivity contribution in [3.05, 3.63) is 48.4 Å². The molecule has 3 aromatic rings. The number of rotatable bonds is 5. The Morgan fingerprint density at radius 2 is 2.30 bits per heavy atom. The van der Waals surface area contributed by atoms with E-state index in [-0.39, 0.29) is 5.91 Å². The summed E-state index contributed by atoms with van der Waals surface area (Å²) in [5.41, 5.74) is 1.55. The molecule has 0 bridgehead atoms. The molecule has 20 heavy (non-hydrogen) atoms. The number of aryl methyl sites for hydroxylation is 1. The number of para-hydroxylation sites is 1. The highest BCUT2D eigenvalue weighted by molar-refractivity contribution is 6.05. The second-order valence-corrected chi connectivity index (χ2v) is 4.52. The number of amides is 1. The summed E-state index contributed by atoms with van der Waals surface area (Å²) in [6.07, 6.45) is 6.11. The van der Waals surface area contributed by atoms with E-state index in [1.165, 1.54) is 0 Å². The fourth-order valence-corrected chi connectivity index (χ4v) is 2.16. The number of nitrogens with zero attached hydrogens (tertiary/aromatic N) is 3. The highest BCUT2D eigenvalue weighted by Gasteiger charge is 2.09. The van der Waals surface area contributed by atoms with E-state index in [1.54, 1.807) is 10.9 Å². The van der Waals surface area contributed by atoms with Crippen molar-refractivity contribution in [1.29, 1.82) is 0 Å². The van der Waals surface area contributed by atoms with Crippen LogP contribution in [0.4, 0.5) is 0 Å². The molecule has 0 radical (unpaired) electrons. The normalized spacial score (nSPS) is 10.8. The first kappa shape index (κ1) is 12.4. The first-order valence-electron chi connectivity index (χ1n) is 6.53. The zero-order valence-electron chi connectivity index (χ0n) is 10.9. The smallest absolute Gasteiger partial charge is 0.253 e. The van der Waals surface area contributed by atoms with Gasteiger partial charge in [0.2, 0.25) is 0 Å². The SMILES string of the molecule is O=C(NCCCn1ccnn1)c1cccc2cc[nH]c12. The lowest BCUT2D eigenvalue weighted by atomic mass is 10.1. The van der Waals surface area contributed by atoms with Crippen LogP contribution < -0.4 is 5.32 Å². The minimum atomic E-state index is -0.0587. The molecule has 1 amide bonds. The highest BCUT2D eigenvalue weighted by Crippen LogP contribution is 2.16. The van der Waals surface area contributed by atoms with E-state index in [9.17, 15) is 4.79 Å². The van der Waals surface area contributed by atoms with Gasteiger partial charge in [0.1, 0.15) is 0 Å². The minimum Gasteiger partial charge on any atom is -0.361 e. The monoisotopic (exact) mass is 269 g/mol. The maximum atomic E-state index is 12.2. The van der Waals surface area contributed by atoms with E-state index in [0.717, 1.165) is 23.9 Å². The average molecular weight is 269 g/mol. The van der Waals surface area contributed by atoms with Crippen LogP contribution in [0.5, 0.6) is 0 Å². The van der Waals surface area contributed by atoms with Crippen molar-refractivity contribution in [2.75, 3.05) is 6.54 Å². The molecule has 0 fully saturated rings. The molecule has 2 aromatic heterocycles. The Bertz CT molecular complexity index is 701. The van der Waals surface area contributed by atoms with E-state index in [0.29, 0.717) is 12.1 Å². The highest BCUT2D eigenvalue weighted by atomic mass is 16.1. The summed E-state index contributed by atoms with van der Waals surface area (Å²) >= 11 is 0. The van der Waals surface area contributed by atoms with Gasteiger partial charge in [0.15, 0.2) is 0 Å². The molecular formula is C14H15N5O. The van der Waals surface area contributed by atoms with Gasteiger partial charge >= 0.3 is 0 Å². The molecule has 102 valence electrons. The Labute approximate surface area is 115 Å². The van der Waals surface area contributed by atoms with Crippen molar-refractivity contribution < 1.29 is 4.79 Å². The van der Waals surface area contributed by atoms with E-state index in [1.807, 2.05) is 36.7 Å². The Morgan fingerprint density at radius 1 is 1.35 bits per heavy atom. The van der Waals surface area contributed by atoms with Gasteiger partial charge in [-0.2, -0.15) is 0 Å². The Morgan fingerprint density at radius 3 is 3.15 bits per heavy atom. The number of aromatic amines is 1. The zero-order chi connectivity index (χ0) is 13.8. The van der Waals surface area contributed by atoms with Crippen LogP contribution in [0.2, 0.25) is 0 Å². The predicted molar refractivity (Wildman–Crippen MR) is 75.3 cm³/mol. The lowest BCUT2D eigenvalue weighted by molar-refractivity contribution is 0.0954. The Balaban J connectivity index is 1.58. The number of carbonyl (C=O) groups excluding carboxylic acids is 1. The maximum absolute atomic E-state index is 12.2. The molecule has 0 spiro atoms. The molecule has 0 unspecified atom stereocenters. The number of hydrogen-bond donors (Lipinski definition) is 2. The molecule has 2 N–H and O–H groups in total. The lowest BCUT2D eigenvalue weighted by Gasteiger charge is -2.06. The number of fused-ring (bicyclic) bond motifs is 1. The maximum Gasteiger partial charge on any atom is 0.253 e. The average Bonchev–Trinajstić information content (AvgIpc) is 3.13. The van der Waals surface area contributed by atoms with E-state index >= 15 is 0 Å². The van der Waals surface area contributed by atoms with Crippen LogP contribution in [0.15, 0.2) is 42.9 Å². The van der Waals surface area contributed by atoms with Gasteiger partial charge in [-0.25, -0.2) is 0 Å². The van der Waals surface area contributed by atoms with Gasteiger partial charge < -0.3 is 10.3 Å². The van der Waals surface area contributed by atoms with Crippen LogP contribution in [0, 0.1) is 0 Å². The molecule has 0 aliphatic rings. The molecule has 0 aliphatic heterocycles. The van der Waals surface area contributed by atoms with Gasteiger partial charge in [0.25, 0.3) is 5.91 Å². The lowest BCUT2D eigenvalue weighted by Crippen LogP contribution is -2.25. The van der Waals surface area contributed by atoms with Gasteiger partial charge in [-0.15, -0.1) is 5.10 Å². The first-order chi connectivity index (χ1) is 9.84. The summed E-state index contributed by atoms with van der Waals surface area (Å²) in [7, 11) is 0. The van der Waals surface area contributed by atoms with Crippen molar-refractivity contribution in [1.82, 2.24) is 25.3 Å². The number of hydrogen-bond acceptors (Lipinski definition) is 3. The first-order valence-corrected chi connectivity index (χ1v) is 6.53. The molecule has 0 saturated carbocycles. The van der Waals surface area contributed by atoms with Crippen molar-refractivity contribution in [3.63, 3.8) is 0 Å². The van der Waals surface area contributed by atoms with Gasteiger partial charge in [-0.1, -0.05) is 17.3 Å². The van der Waals surface area contributed by atoms with Crippen LogP contribution >= 0.6 is 0 Å². The Kier molecular flexibility index (Phi) is 3.45. The molecular weight excluding hydrogens is 254 g/mol. The molecule has 3 rings (SSSR count). The van der Waals surface area contributed by atoms with Gasteiger partial charge in [-0.3, -0.25) is 9.48 Å². The molecule has 2 heterocycles. The molecule has 6 heteroatoms. The topological polar surface area (TPSA) is 75.6 Å². The van der Waals surface area contributed by atoms with Gasteiger partial charge in [0.05, 0.1) is 17.3 Å². The van der Waals surface area contributed by atoms with Crippen LogP contribution in [0.3, 0.4) is 0 Å². The second kappa shape index (κ2) is 5.56. The minimum absolute atomic E-state index is 0.0587. The van der Waals surface area contributed by atoms with Crippen LogP contribution in [-0.4, -0.2) is 32.4 Å². The van der Waals surface area contributed by atoms with E-state index in [4.69, 9.17) is 0 Å². The van der Waals surface area contributed by atoms with E-state index < -0.39 is 0 Å². The summed E-state index contributed by atoms with van der Waals surface area (Å²) in [5, 5.41) is 11.6. The van der Waals surface area contributed by atoms with Crippen LogP contribution in [0.25, 0.3) is 10.9 Å². The van der Waals surface area contributed by atoms with Crippen molar-refractivity contribution in [2.24, 2.45) is 0 Å².